The standard InChI is InChI=1S/C19H16Cl2N2O4S/c1-3-27-17(24)10-23-15-5-4-14(26-2)9-16(15)28-19(23)22-18(25)11-6-12(20)8-13(21)7-11/h4-9H,3,10H2,1-2H3. The molecule has 3 aromatic rings. The first-order valence-electron chi connectivity index (χ1n) is 8.29. The maximum Gasteiger partial charge on any atom is 0.326 e. The van der Waals surface area contributed by atoms with Crippen LogP contribution < -0.4 is 9.54 Å². The molecule has 146 valence electrons. The molecule has 9 heteroatoms. The smallest absolute Gasteiger partial charge is 0.326 e. The Morgan fingerprint density at radius 2 is 1.86 bits per heavy atom. The number of rotatable bonds is 5. The molecule has 0 aliphatic carbocycles. The van der Waals surface area contributed by atoms with Crippen molar-refractivity contribution in [2.24, 2.45) is 4.99 Å². The molecule has 1 heterocycles. The molecular weight excluding hydrogens is 423 g/mol. The molecule has 0 aliphatic rings. The number of hydrogen-bond donors (Lipinski definition) is 0. The van der Waals surface area contributed by atoms with Gasteiger partial charge in [-0.3, -0.25) is 9.59 Å². The van der Waals surface area contributed by atoms with E-state index in [1.807, 2.05) is 12.1 Å². The third-order valence-electron chi connectivity index (χ3n) is 3.79. The average Bonchev–Trinajstić information content (AvgIpc) is 2.97. The van der Waals surface area contributed by atoms with E-state index in [9.17, 15) is 9.59 Å². The van der Waals surface area contributed by atoms with Crippen molar-refractivity contribution >= 4 is 56.6 Å². The summed E-state index contributed by atoms with van der Waals surface area (Å²) in [6.45, 7) is 1.93. The Hall–Kier alpha value is -2.35. The van der Waals surface area contributed by atoms with Crippen LogP contribution in [-0.4, -0.2) is 30.2 Å². The molecule has 0 unspecified atom stereocenters. The number of thiazole rings is 1. The number of ether oxygens (including phenoxy) is 2. The Labute approximate surface area is 174 Å². The van der Waals surface area contributed by atoms with Crippen molar-refractivity contribution in [1.29, 1.82) is 0 Å². The SMILES string of the molecule is CCOC(=O)Cn1c(=NC(=O)c2cc(Cl)cc(Cl)c2)sc2cc(OC)ccc21. The quantitative estimate of drug-likeness (QED) is 0.556. The number of carbonyl (C=O) groups is 2. The monoisotopic (exact) mass is 438 g/mol. The van der Waals surface area contributed by atoms with Crippen molar-refractivity contribution in [1.82, 2.24) is 4.57 Å². The van der Waals surface area contributed by atoms with Gasteiger partial charge in [0.05, 0.1) is 23.9 Å². The minimum absolute atomic E-state index is 0.0669. The topological polar surface area (TPSA) is 69.9 Å². The first-order chi connectivity index (χ1) is 13.4. The van der Waals surface area contributed by atoms with Crippen molar-refractivity contribution in [3.63, 3.8) is 0 Å². The zero-order valence-electron chi connectivity index (χ0n) is 15.1. The lowest BCUT2D eigenvalue weighted by Crippen LogP contribution is -2.23. The third kappa shape index (κ3) is 4.55. The summed E-state index contributed by atoms with van der Waals surface area (Å²) in [6, 6.07) is 9.92. The zero-order valence-corrected chi connectivity index (χ0v) is 17.4. The van der Waals surface area contributed by atoms with Gasteiger partial charge < -0.3 is 14.0 Å². The fourth-order valence-electron chi connectivity index (χ4n) is 2.58. The Morgan fingerprint density at radius 1 is 1.14 bits per heavy atom. The molecule has 0 atom stereocenters. The second-order valence-electron chi connectivity index (χ2n) is 5.68. The second-order valence-corrected chi connectivity index (χ2v) is 7.57. The Bertz CT molecular complexity index is 1100. The van der Waals surface area contributed by atoms with Gasteiger partial charge in [0.25, 0.3) is 5.91 Å². The summed E-state index contributed by atoms with van der Waals surface area (Å²) in [4.78, 5) is 29.3. The third-order valence-corrected chi connectivity index (χ3v) is 5.27. The van der Waals surface area contributed by atoms with Crippen LogP contribution in [0.15, 0.2) is 41.4 Å². The van der Waals surface area contributed by atoms with E-state index < -0.39 is 11.9 Å². The summed E-state index contributed by atoms with van der Waals surface area (Å²) in [5, 5.41) is 0.679. The molecule has 0 saturated heterocycles. The first kappa shape index (κ1) is 20.4. The van der Waals surface area contributed by atoms with Crippen molar-refractivity contribution in [3.05, 3.63) is 56.8 Å². The highest BCUT2D eigenvalue weighted by atomic mass is 35.5. The summed E-state index contributed by atoms with van der Waals surface area (Å²) in [5.74, 6) is -0.269. The summed E-state index contributed by atoms with van der Waals surface area (Å²) < 4.78 is 12.7. The summed E-state index contributed by atoms with van der Waals surface area (Å²) in [7, 11) is 1.57. The normalized spacial score (nSPS) is 11.6. The molecule has 3 rings (SSSR count). The van der Waals surface area contributed by atoms with Crippen molar-refractivity contribution in [3.8, 4) is 5.75 Å². The molecule has 28 heavy (non-hydrogen) atoms. The predicted molar refractivity (Wildman–Crippen MR) is 109 cm³/mol. The predicted octanol–water partition coefficient (Wildman–Crippen LogP) is 4.32. The summed E-state index contributed by atoms with van der Waals surface area (Å²) in [5.41, 5.74) is 1.00. The number of methoxy groups -OCH3 is 1. The van der Waals surface area contributed by atoms with Crippen LogP contribution in [-0.2, 0) is 16.1 Å². The number of aromatic nitrogens is 1. The maximum atomic E-state index is 12.7. The van der Waals surface area contributed by atoms with E-state index in [1.165, 1.54) is 29.5 Å². The number of esters is 1. The van der Waals surface area contributed by atoms with E-state index in [0.29, 0.717) is 20.6 Å². The first-order valence-corrected chi connectivity index (χ1v) is 9.86. The summed E-state index contributed by atoms with van der Waals surface area (Å²) in [6.07, 6.45) is 0. The van der Waals surface area contributed by atoms with Gasteiger partial charge >= 0.3 is 5.97 Å². The number of benzene rings is 2. The lowest BCUT2D eigenvalue weighted by Gasteiger charge is -2.05. The van der Waals surface area contributed by atoms with Crippen molar-refractivity contribution in [2.75, 3.05) is 13.7 Å². The van der Waals surface area contributed by atoms with Crippen LogP contribution in [0.25, 0.3) is 10.2 Å². The van der Waals surface area contributed by atoms with Crippen LogP contribution in [0.5, 0.6) is 5.75 Å². The van der Waals surface area contributed by atoms with Crippen LogP contribution in [0, 0.1) is 0 Å². The number of nitrogens with zero attached hydrogens (tertiary/aromatic N) is 2. The number of halogens is 2. The van der Waals surface area contributed by atoms with Gasteiger partial charge in [-0.15, -0.1) is 0 Å². The van der Waals surface area contributed by atoms with Crippen LogP contribution in [0.4, 0.5) is 0 Å². The zero-order chi connectivity index (χ0) is 20.3. The van der Waals surface area contributed by atoms with Gasteiger partial charge in [0, 0.05) is 15.6 Å². The highest BCUT2D eigenvalue weighted by Gasteiger charge is 2.14. The number of amides is 1. The molecule has 0 saturated carbocycles. The highest BCUT2D eigenvalue weighted by Crippen LogP contribution is 2.24. The Balaban J connectivity index is 2.12. The maximum absolute atomic E-state index is 12.7. The molecule has 0 N–H and O–H groups in total. The molecular formula is C19H16Cl2N2O4S. The fraction of sp³-hybridized carbons (Fsp3) is 0.211. The van der Waals surface area contributed by atoms with Gasteiger partial charge in [-0.1, -0.05) is 34.5 Å². The minimum Gasteiger partial charge on any atom is -0.497 e. The second kappa shape index (κ2) is 8.77. The Kier molecular flexibility index (Phi) is 6.39. The van der Waals surface area contributed by atoms with Crippen molar-refractivity contribution in [2.45, 2.75) is 13.5 Å². The average molecular weight is 439 g/mol. The van der Waals surface area contributed by atoms with Crippen molar-refractivity contribution < 1.29 is 19.1 Å². The van der Waals surface area contributed by atoms with E-state index in [0.717, 1.165) is 10.2 Å². The molecule has 0 spiro atoms. The van der Waals surface area contributed by atoms with Crippen LogP contribution in [0.3, 0.4) is 0 Å². The van der Waals surface area contributed by atoms with Gasteiger partial charge in [0.1, 0.15) is 12.3 Å². The molecule has 6 nitrogen and oxygen atoms in total. The van der Waals surface area contributed by atoms with Gasteiger partial charge in [-0.2, -0.15) is 4.99 Å². The molecule has 1 amide bonds. The molecule has 0 radical (unpaired) electrons. The largest absolute Gasteiger partial charge is 0.497 e. The van der Waals surface area contributed by atoms with Crippen LogP contribution in [0.1, 0.15) is 17.3 Å². The molecule has 2 aromatic carbocycles. The van der Waals surface area contributed by atoms with E-state index in [4.69, 9.17) is 32.7 Å². The molecule has 0 fully saturated rings. The lowest BCUT2D eigenvalue weighted by molar-refractivity contribution is -0.143. The number of hydrogen-bond acceptors (Lipinski definition) is 5. The number of fused-ring (bicyclic) bond motifs is 1. The fourth-order valence-corrected chi connectivity index (χ4v) is 4.17. The van der Waals surface area contributed by atoms with Gasteiger partial charge in [0.2, 0.25) is 0 Å². The van der Waals surface area contributed by atoms with E-state index in [-0.39, 0.29) is 18.7 Å². The van der Waals surface area contributed by atoms with Gasteiger partial charge in [0.15, 0.2) is 4.80 Å². The molecule has 0 bridgehead atoms. The van der Waals surface area contributed by atoms with Gasteiger partial charge in [-0.25, -0.2) is 0 Å². The Morgan fingerprint density at radius 3 is 2.50 bits per heavy atom. The number of carbonyl (C=O) groups excluding carboxylic acids is 2. The van der Waals surface area contributed by atoms with Gasteiger partial charge in [-0.05, 0) is 43.3 Å². The van der Waals surface area contributed by atoms with E-state index in [2.05, 4.69) is 4.99 Å². The van der Waals surface area contributed by atoms with E-state index >= 15 is 0 Å². The van der Waals surface area contributed by atoms with Crippen LogP contribution >= 0.6 is 34.5 Å². The minimum atomic E-state index is -0.513. The summed E-state index contributed by atoms with van der Waals surface area (Å²) >= 11 is 13.2. The van der Waals surface area contributed by atoms with Crippen LogP contribution in [0.2, 0.25) is 10.0 Å². The lowest BCUT2D eigenvalue weighted by atomic mass is 10.2. The molecule has 1 aromatic heterocycles. The highest BCUT2D eigenvalue weighted by molar-refractivity contribution is 7.16. The molecule has 0 aliphatic heterocycles. The van der Waals surface area contributed by atoms with E-state index in [1.54, 1.807) is 24.7 Å².